The molecule has 13 atom stereocenters. The molecule has 98 heavy (non-hydrogen) atoms. The Morgan fingerprint density at radius 1 is 0.602 bits per heavy atom. The first-order chi connectivity index (χ1) is 46.2. The number of rotatable bonds is 10. The summed E-state index contributed by atoms with van der Waals surface area (Å²) in [6.45, 7) is 10.7. The number of hydrogen-bond acceptors (Lipinski definition) is 12. The third kappa shape index (κ3) is 18.2. The van der Waals surface area contributed by atoms with Crippen LogP contribution in [0.3, 0.4) is 0 Å². The number of likely N-dealkylation sites (tertiary alicyclic amines) is 1. The van der Waals surface area contributed by atoms with E-state index >= 15 is 19.2 Å². The third-order valence-corrected chi connectivity index (χ3v) is 23.4. The van der Waals surface area contributed by atoms with Gasteiger partial charge in [0.05, 0.1) is 18.9 Å². The Labute approximate surface area is 582 Å². The van der Waals surface area contributed by atoms with E-state index in [9.17, 15) is 51.5 Å². The fraction of sp³-hybridized carbons (Fsp3) is 0.829. The highest BCUT2D eigenvalue weighted by Gasteiger charge is 2.52. The summed E-state index contributed by atoms with van der Waals surface area (Å²) in [5, 5.41) is 7.55. The highest BCUT2D eigenvalue weighted by atomic mass is 35.5. The van der Waals surface area contributed by atoms with Gasteiger partial charge in [-0.05, 0) is 127 Å². The molecule has 24 nitrogen and oxygen atoms in total. The Hall–Kier alpha value is -6.28. The molecule has 0 radical (unpaired) electrons. The van der Waals surface area contributed by atoms with Gasteiger partial charge < -0.3 is 60.0 Å². The van der Waals surface area contributed by atoms with E-state index < -0.39 is 173 Å². The monoisotopic (exact) mass is 1400 g/mol. The number of carbonyl (C=O) groups is 12. The summed E-state index contributed by atoms with van der Waals surface area (Å²) in [6.07, 6.45) is 4.55. The fourth-order valence-electron chi connectivity index (χ4n) is 16.2. The summed E-state index contributed by atoms with van der Waals surface area (Å²) in [5.74, 6) is -10.5. The third-order valence-electron chi connectivity index (χ3n) is 23.0. The van der Waals surface area contributed by atoms with Crippen LogP contribution in [0.15, 0.2) is 0 Å². The van der Waals surface area contributed by atoms with Gasteiger partial charge in [0, 0.05) is 73.8 Å². The minimum absolute atomic E-state index is 0.00152. The molecule has 0 aromatic rings. The molecule has 0 aromatic heterocycles. The maximum Gasteiger partial charge on any atom is 0.393 e. The minimum Gasteiger partial charge on any atom is -0.343 e. The van der Waals surface area contributed by atoms with E-state index in [1.807, 2.05) is 6.92 Å². The molecule has 3 unspecified atom stereocenters. The number of hydrogen-bond donors (Lipinski definition) is 3. The van der Waals surface area contributed by atoms with Crippen molar-refractivity contribution in [3.8, 4) is 0 Å². The van der Waals surface area contributed by atoms with Gasteiger partial charge in [0.25, 0.3) is 0 Å². The topological polar surface area (TPSA) is 270 Å². The number of carbonyl (C=O) groups excluding carboxylic acids is 12. The van der Waals surface area contributed by atoms with Crippen LogP contribution in [-0.4, -0.2) is 261 Å². The molecule has 4 heterocycles. The Kier molecular flexibility index (Phi) is 27.7. The Bertz CT molecular complexity index is 2890. The first kappa shape index (κ1) is 79.1. The summed E-state index contributed by atoms with van der Waals surface area (Å²) < 4.78 is 42.0. The summed E-state index contributed by atoms with van der Waals surface area (Å²) in [5.41, 5.74) is -1.56. The average Bonchev–Trinajstić information content (AvgIpc) is 1.22. The summed E-state index contributed by atoms with van der Waals surface area (Å²) in [6, 6.07) is -10.8. The van der Waals surface area contributed by atoms with Crippen molar-refractivity contribution in [1.82, 2.24) is 60.0 Å². The molecule has 28 heteroatoms. The second-order valence-electron chi connectivity index (χ2n) is 29.8. The number of alkyl halides is 4. The molecule has 0 aromatic carbocycles. The number of halogens is 4. The van der Waals surface area contributed by atoms with Crippen molar-refractivity contribution in [2.45, 2.75) is 267 Å². The van der Waals surface area contributed by atoms with Crippen molar-refractivity contribution < 1.29 is 70.7 Å². The zero-order valence-electron chi connectivity index (χ0n) is 60.1. The largest absolute Gasteiger partial charge is 0.393 e. The minimum atomic E-state index is -4.51. The molecule has 7 aliphatic rings. The smallest absolute Gasteiger partial charge is 0.343 e. The molecule has 3 saturated carbocycles. The first-order valence-electron chi connectivity index (χ1n) is 36.3. The average molecular weight is 1410 g/mol. The predicted molar refractivity (Wildman–Crippen MR) is 361 cm³/mol. The van der Waals surface area contributed by atoms with Crippen LogP contribution < -0.4 is 16.0 Å². The van der Waals surface area contributed by atoms with Gasteiger partial charge in [-0.3, -0.25) is 57.5 Å². The second kappa shape index (κ2) is 34.4. The van der Waals surface area contributed by atoms with Gasteiger partial charge in [-0.1, -0.05) is 86.0 Å². The van der Waals surface area contributed by atoms with Crippen LogP contribution in [0.25, 0.3) is 0 Å². The maximum absolute atomic E-state index is 15.4. The highest BCUT2D eigenvalue weighted by molar-refractivity contribution is 6.21. The summed E-state index contributed by atoms with van der Waals surface area (Å²) in [7, 11) is 8.62. The van der Waals surface area contributed by atoms with Crippen molar-refractivity contribution in [2.75, 3.05) is 75.0 Å². The fourth-order valence-corrected chi connectivity index (χ4v) is 16.8. The van der Waals surface area contributed by atoms with Crippen LogP contribution in [0.5, 0.6) is 0 Å². The van der Waals surface area contributed by atoms with Crippen molar-refractivity contribution in [3.63, 3.8) is 0 Å². The van der Waals surface area contributed by atoms with E-state index in [1.165, 1.54) is 88.4 Å². The van der Waals surface area contributed by atoms with Crippen LogP contribution in [0.4, 0.5) is 13.2 Å². The molecule has 12 amide bonds. The van der Waals surface area contributed by atoms with Crippen LogP contribution >= 0.6 is 11.6 Å². The van der Waals surface area contributed by atoms with Gasteiger partial charge in [-0.25, -0.2) is 0 Å². The molecule has 1 spiro atoms. The maximum atomic E-state index is 15.4. The number of nitrogens with zero attached hydrogens (tertiary/aromatic N) is 9. The lowest BCUT2D eigenvalue weighted by Gasteiger charge is -2.45. The lowest BCUT2D eigenvalue weighted by molar-refractivity contribution is -0.182. The molecular weight excluding hydrogens is 1290 g/mol. The highest BCUT2D eigenvalue weighted by Crippen LogP contribution is 2.44. The van der Waals surface area contributed by atoms with Crippen LogP contribution in [-0.2, 0) is 57.5 Å². The zero-order valence-corrected chi connectivity index (χ0v) is 60.9. The molecule has 7 fully saturated rings. The number of amides is 12. The van der Waals surface area contributed by atoms with Gasteiger partial charge in [0.2, 0.25) is 70.9 Å². The summed E-state index contributed by atoms with van der Waals surface area (Å²) in [4.78, 5) is 191. The van der Waals surface area contributed by atoms with Crippen molar-refractivity contribution >= 4 is 82.5 Å². The van der Waals surface area contributed by atoms with E-state index in [0.717, 1.165) is 38.5 Å². The molecule has 4 saturated heterocycles. The second-order valence-corrected chi connectivity index (χ2v) is 30.4. The van der Waals surface area contributed by atoms with Gasteiger partial charge in [-0.2, -0.15) is 13.2 Å². The normalized spacial score (nSPS) is 31.3. The van der Waals surface area contributed by atoms with E-state index in [-0.39, 0.29) is 95.6 Å². The van der Waals surface area contributed by atoms with E-state index in [1.54, 1.807) is 32.6 Å². The van der Waals surface area contributed by atoms with Crippen molar-refractivity contribution in [3.05, 3.63) is 0 Å². The Morgan fingerprint density at radius 3 is 1.82 bits per heavy atom. The number of likely N-dealkylation sites (N-methyl/N-ethyl adjacent to an activating group) is 6. The first-order valence-corrected chi connectivity index (χ1v) is 36.7. The summed E-state index contributed by atoms with van der Waals surface area (Å²) >= 11 is 6.40. The van der Waals surface area contributed by atoms with Crippen molar-refractivity contribution in [1.29, 1.82) is 0 Å². The molecule has 0 bridgehead atoms. The Balaban J connectivity index is 1.26. The van der Waals surface area contributed by atoms with Gasteiger partial charge in [0.15, 0.2) is 0 Å². The molecule has 3 N–H and O–H groups in total. The molecule has 4 aliphatic heterocycles. The lowest BCUT2D eigenvalue weighted by atomic mass is 9.78. The van der Waals surface area contributed by atoms with E-state index in [0.29, 0.717) is 51.6 Å². The van der Waals surface area contributed by atoms with E-state index in [2.05, 4.69) is 16.0 Å². The van der Waals surface area contributed by atoms with Gasteiger partial charge in [0.1, 0.15) is 59.9 Å². The Morgan fingerprint density at radius 2 is 1.23 bits per heavy atom. The number of fused-ring (bicyclic) bond motifs is 2. The zero-order chi connectivity index (χ0) is 72.4. The van der Waals surface area contributed by atoms with Crippen LogP contribution in [0.2, 0.25) is 0 Å². The lowest BCUT2D eigenvalue weighted by Crippen LogP contribution is -2.65. The standard InChI is InChI=1S/C70H112ClF3N12O12/c1-13-43(5)57-66(96)79(8)44(6)61(91)86-37-31-52(86)64(94)81(10)53(39-45-24-17-15-18-25-45)63(93)78(7)41-55(87)75-49(30-28-46-27-29-47(48(71)38-46)70(72,73)74)62(92)85-36-23-26-51(85)60(90)77-69(32-19-20-33-69)68(98)83(12)58(42(3)4)67(97)82(11)54(65(95)84-34-21-16-22-35-84)40-56(88)80(9)50(14-2)59(89)76-57/h42-54,57-58H,13-41H2,1-12H3,(H,75,87)(H,76,89)(H,77,90)/t43-,44-,46?,47?,48?,49-,50-,51-,52-,53-,54-,57-,58-/m0/s1. The van der Waals surface area contributed by atoms with E-state index in [4.69, 9.17) is 11.6 Å². The van der Waals surface area contributed by atoms with Crippen molar-refractivity contribution in [2.24, 2.45) is 29.6 Å². The molecule has 7 rings (SSSR count). The molecule has 552 valence electrons. The SMILES string of the molecule is CC[C@H](C)[C@@H]1NC(=O)[C@H](CC)N(C)C(=O)C[C@@H](C(=O)N2CCCCC2)N(C)C(=O)[C@H](C(C)C)N(C)C(=O)C2(CCCC2)NC(=O)[C@@H]2CCCN2C(=O)[C@H](CCC2CCC(C(F)(F)F)C(Cl)C2)NC(=O)CN(C)C(=O)[C@H](CC2CCCCC2)N(C)C(=O)[C@@H]2CCN2C(=O)[C@H](C)N(C)C1=O. The van der Waals surface area contributed by atoms with Crippen LogP contribution in [0.1, 0.15) is 196 Å². The number of piperidine rings is 1. The predicted octanol–water partition coefficient (Wildman–Crippen LogP) is 5.46. The molecule has 3 aliphatic carbocycles. The molecular formula is C70H112ClF3N12O12. The van der Waals surface area contributed by atoms with Gasteiger partial charge in [-0.15, -0.1) is 11.6 Å². The quantitative estimate of drug-likeness (QED) is 0.230. The van der Waals surface area contributed by atoms with Crippen LogP contribution in [0, 0.1) is 29.6 Å². The number of nitrogens with one attached hydrogen (secondary N) is 3. The van der Waals surface area contributed by atoms with Gasteiger partial charge >= 0.3 is 6.18 Å².